The van der Waals surface area contributed by atoms with Gasteiger partial charge in [0.25, 0.3) is 0 Å². The Morgan fingerprint density at radius 2 is 1.73 bits per heavy atom. The van der Waals surface area contributed by atoms with Gasteiger partial charge < -0.3 is 20.1 Å². The van der Waals surface area contributed by atoms with Crippen LogP contribution < -0.4 is 5.73 Å². The number of nitrogens with zero attached hydrogens (tertiary/aromatic N) is 1. The summed E-state index contributed by atoms with van der Waals surface area (Å²) in [6.45, 7) is 10.2. The summed E-state index contributed by atoms with van der Waals surface area (Å²) in [7, 11) is 0. The molecule has 0 bridgehead atoms. The number of nitrogens with two attached hydrogens (primary N) is 1. The van der Waals surface area contributed by atoms with Crippen LogP contribution in [0.3, 0.4) is 0 Å². The van der Waals surface area contributed by atoms with Crippen LogP contribution in [0.5, 0.6) is 0 Å². The third kappa shape index (κ3) is 8.79. The fourth-order valence-electron chi connectivity index (χ4n) is 2.96. The number of carbonyl (C=O) groups is 1. The molecular formula is C21H36N2O3. The van der Waals surface area contributed by atoms with Crippen LogP contribution in [0.15, 0.2) is 30.3 Å². The van der Waals surface area contributed by atoms with Crippen LogP contribution in [0.25, 0.3) is 0 Å². The first-order valence-corrected chi connectivity index (χ1v) is 9.79. The van der Waals surface area contributed by atoms with E-state index in [0.29, 0.717) is 38.6 Å². The van der Waals surface area contributed by atoms with Crippen LogP contribution in [0.1, 0.15) is 46.1 Å². The largest absolute Gasteiger partial charge is 0.351 e. The lowest BCUT2D eigenvalue weighted by atomic mass is 10.0. The fraction of sp³-hybridized carbons (Fsp3) is 0.667. The molecule has 0 spiro atoms. The van der Waals surface area contributed by atoms with Gasteiger partial charge in [-0.2, -0.15) is 0 Å². The lowest BCUT2D eigenvalue weighted by molar-refractivity contribution is -0.159. The molecule has 0 radical (unpaired) electrons. The summed E-state index contributed by atoms with van der Waals surface area (Å²) in [5.74, 6) is 0.367. The number of hydrogen-bond donors (Lipinski definition) is 1. The van der Waals surface area contributed by atoms with E-state index >= 15 is 0 Å². The Kier molecular flexibility index (Phi) is 11.2. The van der Waals surface area contributed by atoms with Gasteiger partial charge in [-0.1, -0.05) is 44.2 Å². The molecule has 0 saturated heterocycles. The zero-order valence-corrected chi connectivity index (χ0v) is 16.8. The number of amides is 1. The quantitative estimate of drug-likeness (QED) is 0.546. The minimum Gasteiger partial charge on any atom is -0.351 e. The molecule has 1 amide bonds. The van der Waals surface area contributed by atoms with E-state index < -0.39 is 12.3 Å². The Balaban J connectivity index is 2.70. The average molecular weight is 365 g/mol. The van der Waals surface area contributed by atoms with Gasteiger partial charge in [-0.3, -0.25) is 4.79 Å². The fourth-order valence-corrected chi connectivity index (χ4v) is 2.96. The zero-order valence-electron chi connectivity index (χ0n) is 16.8. The number of rotatable bonds is 13. The second-order valence-corrected chi connectivity index (χ2v) is 6.95. The van der Waals surface area contributed by atoms with E-state index in [1.54, 1.807) is 0 Å². The van der Waals surface area contributed by atoms with E-state index in [-0.39, 0.29) is 5.91 Å². The summed E-state index contributed by atoms with van der Waals surface area (Å²) in [4.78, 5) is 14.7. The van der Waals surface area contributed by atoms with Crippen LogP contribution in [-0.4, -0.2) is 49.4 Å². The first kappa shape index (κ1) is 22.6. The van der Waals surface area contributed by atoms with Crippen molar-refractivity contribution in [1.82, 2.24) is 4.90 Å². The van der Waals surface area contributed by atoms with Gasteiger partial charge in [0.15, 0.2) is 6.29 Å². The molecule has 0 heterocycles. The highest BCUT2D eigenvalue weighted by atomic mass is 16.7. The van der Waals surface area contributed by atoms with Crippen LogP contribution in [0.2, 0.25) is 0 Å². The summed E-state index contributed by atoms with van der Waals surface area (Å²) >= 11 is 0. The molecule has 0 aliphatic carbocycles. The molecule has 5 nitrogen and oxygen atoms in total. The van der Waals surface area contributed by atoms with E-state index in [9.17, 15) is 4.79 Å². The number of hydrogen-bond acceptors (Lipinski definition) is 4. The first-order valence-electron chi connectivity index (χ1n) is 9.79. The molecule has 1 atom stereocenters. The lowest BCUT2D eigenvalue weighted by Crippen LogP contribution is -2.48. The van der Waals surface area contributed by atoms with E-state index in [4.69, 9.17) is 15.2 Å². The Morgan fingerprint density at radius 1 is 1.12 bits per heavy atom. The van der Waals surface area contributed by atoms with Crippen molar-refractivity contribution in [3.63, 3.8) is 0 Å². The van der Waals surface area contributed by atoms with E-state index in [0.717, 1.165) is 12.8 Å². The maximum absolute atomic E-state index is 12.9. The van der Waals surface area contributed by atoms with Crippen LogP contribution in [0.4, 0.5) is 0 Å². The summed E-state index contributed by atoms with van der Waals surface area (Å²) in [6.07, 6.45) is 2.09. The highest BCUT2D eigenvalue weighted by Gasteiger charge is 2.24. The van der Waals surface area contributed by atoms with Gasteiger partial charge in [-0.15, -0.1) is 0 Å². The number of benzene rings is 1. The molecule has 26 heavy (non-hydrogen) atoms. The third-order valence-electron chi connectivity index (χ3n) is 4.17. The number of carbonyl (C=O) groups excluding carboxylic acids is 1. The predicted octanol–water partition coefficient (Wildman–Crippen LogP) is 3.22. The van der Waals surface area contributed by atoms with Gasteiger partial charge in [-0.05, 0) is 44.6 Å². The van der Waals surface area contributed by atoms with Crippen molar-refractivity contribution in [2.45, 2.75) is 59.3 Å². The molecule has 0 saturated carbocycles. The van der Waals surface area contributed by atoms with E-state index in [1.807, 2.05) is 36.9 Å². The molecule has 0 unspecified atom stereocenters. The summed E-state index contributed by atoms with van der Waals surface area (Å²) in [5.41, 5.74) is 7.43. The van der Waals surface area contributed by atoms with Gasteiger partial charge in [0.1, 0.15) is 0 Å². The van der Waals surface area contributed by atoms with E-state index in [1.165, 1.54) is 5.56 Å². The average Bonchev–Trinajstić information content (AvgIpc) is 2.61. The number of ether oxygens (including phenoxy) is 2. The molecule has 2 N–H and O–H groups in total. The smallest absolute Gasteiger partial charge is 0.239 e. The molecule has 1 aromatic rings. The summed E-state index contributed by atoms with van der Waals surface area (Å²) in [5, 5.41) is 0. The molecule has 0 aliphatic rings. The van der Waals surface area contributed by atoms with Gasteiger partial charge in [0.05, 0.1) is 12.6 Å². The van der Waals surface area contributed by atoms with Gasteiger partial charge in [0.2, 0.25) is 5.91 Å². The normalized spacial score (nSPS) is 12.6. The number of aryl methyl sites for hydroxylation is 1. The Bertz CT molecular complexity index is 487. The SMILES string of the molecule is CCOC(CN(CCCc1ccccc1)C(=O)[C@@H](N)CC(C)C)OCC. The molecule has 1 rings (SSSR count). The van der Waals surface area contributed by atoms with Crippen LogP contribution >= 0.6 is 0 Å². The Labute approximate surface area is 158 Å². The minimum absolute atomic E-state index is 0.0174. The van der Waals surface area contributed by atoms with Gasteiger partial charge in [0, 0.05) is 19.8 Å². The molecule has 148 valence electrons. The van der Waals surface area contributed by atoms with E-state index in [2.05, 4.69) is 26.0 Å². The molecule has 1 aromatic carbocycles. The zero-order chi connectivity index (χ0) is 19.4. The maximum Gasteiger partial charge on any atom is 0.239 e. The van der Waals surface area contributed by atoms with Crippen molar-refractivity contribution < 1.29 is 14.3 Å². The van der Waals surface area contributed by atoms with Crippen molar-refractivity contribution in [2.75, 3.05) is 26.3 Å². The Hall–Kier alpha value is -1.43. The standard InChI is InChI=1S/C21H36N2O3/c1-5-25-20(26-6-2)16-23(21(24)19(22)15-17(3)4)14-10-13-18-11-8-7-9-12-18/h7-9,11-12,17,19-20H,5-6,10,13-16,22H2,1-4H3/t19-/m0/s1. The second-order valence-electron chi connectivity index (χ2n) is 6.95. The predicted molar refractivity (Wildman–Crippen MR) is 106 cm³/mol. The molecule has 5 heteroatoms. The lowest BCUT2D eigenvalue weighted by Gasteiger charge is -2.30. The molecule has 0 aromatic heterocycles. The topological polar surface area (TPSA) is 64.8 Å². The first-order chi connectivity index (χ1) is 12.5. The van der Waals surface area contributed by atoms with Crippen molar-refractivity contribution in [3.05, 3.63) is 35.9 Å². The minimum atomic E-state index is -0.476. The van der Waals surface area contributed by atoms with Gasteiger partial charge >= 0.3 is 0 Å². The summed E-state index contributed by atoms with van der Waals surface area (Å²) in [6, 6.07) is 9.84. The third-order valence-corrected chi connectivity index (χ3v) is 4.17. The highest BCUT2D eigenvalue weighted by Crippen LogP contribution is 2.10. The van der Waals surface area contributed by atoms with Crippen LogP contribution in [0, 0.1) is 5.92 Å². The van der Waals surface area contributed by atoms with Crippen LogP contribution in [-0.2, 0) is 20.7 Å². The Morgan fingerprint density at radius 3 is 2.27 bits per heavy atom. The second kappa shape index (κ2) is 12.8. The van der Waals surface area contributed by atoms with Gasteiger partial charge in [-0.25, -0.2) is 0 Å². The molecule has 0 fully saturated rings. The molecule has 0 aliphatic heterocycles. The van der Waals surface area contributed by atoms with Crippen molar-refractivity contribution in [2.24, 2.45) is 11.7 Å². The summed E-state index contributed by atoms with van der Waals surface area (Å²) < 4.78 is 11.3. The highest BCUT2D eigenvalue weighted by molar-refractivity contribution is 5.81. The monoisotopic (exact) mass is 364 g/mol. The van der Waals surface area contributed by atoms with Crippen molar-refractivity contribution >= 4 is 5.91 Å². The maximum atomic E-state index is 12.9. The van der Waals surface area contributed by atoms with Crippen molar-refractivity contribution in [1.29, 1.82) is 0 Å². The van der Waals surface area contributed by atoms with Crippen molar-refractivity contribution in [3.8, 4) is 0 Å². The molecular weight excluding hydrogens is 328 g/mol.